The third-order valence-electron chi connectivity index (χ3n) is 6.13. The molecule has 2 saturated heterocycles. The lowest BCUT2D eigenvalue weighted by Gasteiger charge is -2.36. The van der Waals surface area contributed by atoms with Gasteiger partial charge in [0, 0.05) is 45.2 Å². The Morgan fingerprint density at radius 2 is 1.82 bits per heavy atom. The normalized spacial score (nSPS) is 20.8. The van der Waals surface area contributed by atoms with Crippen molar-refractivity contribution in [3.05, 3.63) is 23.0 Å². The van der Waals surface area contributed by atoms with Crippen molar-refractivity contribution in [3.63, 3.8) is 0 Å². The molecule has 3 fully saturated rings. The first kappa shape index (κ1) is 23.9. The summed E-state index contributed by atoms with van der Waals surface area (Å²) in [4.78, 5) is 41.2. The number of carbonyl (C=O) groups excluding carboxylic acids is 3. The maximum absolute atomic E-state index is 14.3. The molecule has 0 spiro atoms. The number of hydrogen-bond acceptors (Lipinski definition) is 6. The summed E-state index contributed by atoms with van der Waals surface area (Å²) in [5.74, 6) is -3.21. The number of hydrogen-bond donors (Lipinski definition) is 2. The monoisotopic (exact) mass is 501 g/mol. The molecule has 0 radical (unpaired) electrons. The van der Waals surface area contributed by atoms with Crippen LogP contribution in [0.5, 0.6) is 0 Å². The quantitative estimate of drug-likeness (QED) is 0.507. The van der Waals surface area contributed by atoms with Gasteiger partial charge in [-0.3, -0.25) is 19.3 Å². The van der Waals surface area contributed by atoms with Crippen LogP contribution in [0.2, 0.25) is 5.02 Å². The molecule has 10 nitrogen and oxygen atoms in total. The Morgan fingerprint density at radius 3 is 2.36 bits per heavy atom. The van der Waals surface area contributed by atoms with Crippen LogP contribution in [-0.4, -0.2) is 80.7 Å². The van der Waals surface area contributed by atoms with E-state index in [0.29, 0.717) is 44.7 Å². The summed E-state index contributed by atoms with van der Waals surface area (Å²) in [6.07, 6.45) is 3.01. The SMILES string of the molecule is NC(=O)[C@H](NS(=O)(=O)c1cc(F)cc(N2CCCC2=O)c1Cl)C(=O)N1CCN(C2CC2)CC1. The fourth-order valence-electron chi connectivity index (χ4n) is 4.22. The van der Waals surface area contributed by atoms with Crippen molar-refractivity contribution < 1.29 is 27.2 Å². The summed E-state index contributed by atoms with van der Waals surface area (Å²) in [7, 11) is -4.64. The van der Waals surface area contributed by atoms with E-state index >= 15 is 0 Å². The molecule has 0 bridgehead atoms. The van der Waals surface area contributed by atoms with Gasteiger partial charge in [0.1, 0.15) is 10.7 Å². The van der Waals surface area contributed by atoms with Gasteiger partial charge >= 0.3 is 0 Å². The van der Waals surface area contributed by atoms with Gasteiger partial charge in [-0.15, -0.1) is 0 Å². The Balaban J connectivity index is 1.56. The minimum Gasteiger partial charge on any atom is -0.368 e. The molecular weight excluding hydrogens is 477 g/mol. The van der Waals surface area contributed by atoms with Crippen molar-refractivity contribution in [2.24, 2.45) is 5.73 Å². The smallest absolute Gasteiger partial charge is 0.250 e. The highest BCUT2D eigenvalue weighted by Gasteiger charge is 2.38. The van der Waals surface area contributed by atoms with Crippen molar-refractivity contribution in [2.75, 3.05) is 37.6 Å². The second-order valence-electron chi connectivity index (χ2n) is 8.44. The zero-order valence-corrected chi connectivity index (χ0v) is 19.4. The number of amides is 3. The predicted octanol–water partition coefficient (Wildman–Crippen LogP) is 0.0447. The van der Waals surface area contributed by atoms with Gasteiger partial charge in [0.25, 0.3) is 5.91 Å². The van der Waals surface area contributed by atoms with Gasteiger partial charge in [-0.05, 0) is 31.4 Å². The van der Waals surface area contributed by atoms with Crippen molar-refractivity contribution in [1.82, 2.24) is 14.5 Å². The number of carbonyl (C=O) groups is 3. The average Bonchev–Trinajstić information content (AvgIpc) is 3.54. The van der Waals surface area contributed by atoms with Crippen LogP contribution in [0, 0.1) is 5.82 Å². The number of anilines is 1. The molecule has 0 unspecified atom stereocenters. The van der Waals surface area contributed by atoms with Crippen LogP contribution in [0.15, 0.2) is 17.0 Å². The summed E-state index contributed by atoms with van der Waals surface area (Å²) in [6.45, 7) is 2.19. The molecule has 4 rings (SSSR count). The molecule has 1 aromatic rings. The molecular formula is C20H25ClFN5O5S. The lowest BCUT2D eigenvalue weighted by molar-refractivity contribution is -0.139. The minimum absolute atomic E-state index is 0.0855. The molecule has 1 saturated carbocycles. The molecule has 3 amide bonds. The van der Waals surface area contributed by atoms with Gasteiger partial charge in [0.05, 0.1) is 10.7 Å². The van der Waals surface area contributed by atoms with Crippen LogP contribution >= 0.6 is 11.6 Å². The average molecular weight is 502 g/mol. The largest absolute Gasteiger partial charge is 0.368 e. The van der Waals surface area contributed by atoms with Gasteiger partial charge in [0.2, 0.25) is 21.8 Å². The molecule has 33 heavy (non-hydrogen) atoms. The van der Waals surface area contributed by atoms with Crippen LogP contribution < -0.4 is 15.4 Å². The molecule has 1 atom stereocenters. The molecule has 1 aromatic carbocycles. The highest BCUT2D eigenvalue weighted by atomic mass is 35.5. The van der Waals surface area contributed by atoms with Crippen LogP contribution in [0.1, 0.15) is 25.7 Å². The first-order valence-electron chi connectivity index (χ1n) is 10.7. The third-order valence-corrected chi connectivity index (χ3v) is 8.09. The predicted molar refractivity (Wildman–Crippen MR) is 117 cm³/mol. The number of sulfonamides is 1. The summed E-state index contributed by atoms with van der Waals surface area (Å²) in [6, 6.07) is 0.296. The first-order valence-corrected chi connectivity index (χ1v) is 12.6. The topological polar surface area (TPSA) is 133 Å². The van der Waals surface area contributed by atoms with Crippen molar-refractivity contribution in [2.45, 2.75) is 42.7 Å². The number of nitrogens with two attached hydrogens (primary N) is 1. The van der Waals surface area contributed by atoms with Crippen molar-refractivity contribution in [1.29, 1.82) is 0 Å². The number of benzene rings is 1. The van der Waals surface area contributed by atoms with Gasteiger partial charge in [0.15, 0.2) is 6.04 Å². The summed E-state index contributed by atoms with van der Waals surface area (Å²) >= 11 is 6.26. The Hall–Kier alpha value is -2.28. The Labute approximate surface area is 195 Å². The van der Waals surface area contributed by atoms with Gasteiger partial charge < -0.3 is 15.5 Å². The highest BCUT2D eigenvalue weighted by molar-refractivity contribution is 7.89. The standard InChI is InChI=1S/C20H25ClFN5O5S/c21-17-14(27-5-1-2-16(27)28)10-12(22)11-15(17)33(31,32)24-18(19(23)29)20(30)26-8-6-25(7-9-26)13-3-4-13/h10-11,13,18,24H,1-9H2,(H2,23,29)/t18-/m0/s1. The van der Waals surface area contributed by atoms with E-state index in [1.165, 1.54) is 9.80 Å². The van der Waals surface area contributed by atoms with Gasteiger partial charge in [-0.1, -0.05) is 11.6 Å². The van der Waals surface area contributed by atoms with Crippen molar-refractivity contribution in [3.8, 4) is 0 Å². The molecule has 1 aliphatic carbocycles. The fourth-order valence-corrected chi connectivity index (χ4v) is 6.00. The lowest BCUT2D eigenvalue weighted by atomic mass is 10.2. The summed E-state index contributed by atoms with van der Waals surface area (Å²) in [5, 5.41) is -0.382. The maximum Gasteiger partial charge on any atom is 0.250 e. The van der Waals surface area contributed by atoms with E-state index in [0.717, 1.165) is 18.9 Å². The molecule has 3 aliphatic rings. The Bertz CT molecular complexity index is 1090. The van der Waals surface area contributed by atoms with Gasteiger partial charge in [-0.25, -0.2) is 12.8 Å². The first-order chi connectivity index (χ1) is 15.6. The van der Waals surface area contributed by atoms with E-state index < -0.39 is 38.6 Å². The summed E-state index contributed by atoms with van der Waals surface area (Å²) in [5.41, 5.74) is 5.26. The van der Waals surface area contributed by atoms with E-state index in [4.69, 9.17) is 17.3 Å². The molecule has 13 heteroatoms. The molecule has 180 valence electrons. The number of nitrogens with zero attached hydrogens (tertiary/aromatic N) is 3. The minimum atomic E-state index is -4.64. The number of nitrogens with one attached hydrogen (secondary N) is 1. The zero-order valence-electron chi connectivity index (χ0n) is 17.8. The molecule has 0 aromatic heterocycles. The third kappa shape index (κ3) is 4.98. The molecule has 3 N–H and O–H groups in total. The summed E-state index contributed by atoms with van der Waals surface area (Å²) < 4.78 is 42.4. The molecule has 2 aliphatic heterocycles. The van der Waals surface area contributed by atoms with Crippen LogP contribution in [0.25, 0.3) is 0 Å². The van der Waals surface area contributed by atoms with E-state index in [9.17, 15) is 27.2 Å². The van der Waals surface area contributed by atoms with E-state index in [1.54, 1.807) is 0 Å². The second kappa shape index (κ2) is 9.16. The Morgan fingerprint density at radius 1 is 1.15 bits per heavy atom. The number of primary amides is 1. The lowest BCUT2D eigenvalue weighted by Crippen LogP contribution is -2.58. The molecule has 2 heterocycles. The van der Waals surface area contributed by atoms with Crippen molar-refractivity contribution >= 4 is 45.0 Å². The van der Waals surface area contributed by atoms with Crippen LogP contribution in [0.4, 0.5) is 10.1 Å². The van der Waals surface area contributed by atoms with E-state index in [1.807, 2.05) is 4.72 Å². The van der Waals surface area contributed by atoms with E-state index in [2.05, 4.69) is 4.90 Å². The Kier molecular flexibility index (Phi) is 6.63. The zero-order chi connectivity index (χ0) is 23.9. The van der Waals surface area contributed by atoms with Crippen LogP contribution in [-0.2, 0) is 24.4 Å². The number of piperazine rings is 1. The maximum atomic E-state index is 14.3. The highest BCUT2D eigenvalue weighted by Crippen LogP contribution is 2.35. The van der Waals surface area contributed by atoms with Gasteiger partial charge in [-0.2, -0.15) is 4.72 Å². The number of rotatable bonds is 7. The fraction of sp³-hybridized carbons (Fsp3) is 0.550. The number of halogens is 2. The van der Waals surface area contributed by atoms with E-state index in [-0.39, 0.29) is 29.6 Å². The second-order valence-corrected chi connectivity index (χ2v) is 10.5. The van der Waals surface area contributed by atoms with Crippen LogP contribution in [0.3, 0.4) is 0 Å².